The molecule has 19 heavy (non-hydrogen) atoms. The third-order valence-electron chi connectivity index (χ3n) is 3.56. The Labute approximate surface area is 112 Å². The number of hydrogen-bond acceptors (Lipinski definition) is 3. The van der Waals surface area contributed by atoms with Gasteiger partial charge in [0.05, 0.1) is 6.54 Å². The van der Waals surface area contributed by atoms with Gasteiger partial charge in [0.2, 0.25) is 0 Å². The van der Waals surface area contributed by atoms with E-state index in [-0.39, 0.29) is 11.9 Å². The van der Waals surface area contributed by atoms with Crippen LogP contribution in [0.5, 0.6) is 0 Å². The molecular formula is C15H17N2O2+. The number of carbonyl (C=O) groups is 1. The third kappa shape index (κ3) is 2.44. The van der Waals surface area contributed by atoms with Gasteiger partial charge in [0.25, 0.3) is 0 Å². The molecule has 1 aromatic rings. The first kappa shape index (κ1) is 12.1. The molecule has 0 saturated heterocycles. The molecule has 98 valence electrons. The van der Waals surface area contributed by atoms with Gasteiger partial charge >= 0.3 is 5.97 Å². The fraction of sp³-hybridized carbons (Fsp3) is 0.333. The van der Waals surface area contributed by atoms with Crippen molar-refractivity contribution in [1.29, 1.82) is 0 Å². The van der Waals surface area contributed by atoms with Gasteiger partial charge in [0, 0.05) is 5.56 Å². The van der Waals surface area contributed by atoms with Crippen LogP contribution < -0.4 is 5.32 Å². The highest BCUT2D eigenvalue weighted by Crippen LogP contribution is 2.23. The van der Waals surface area contributed by atoms with E-state index in [2.05, 4.69) is 16.5 Å². The smallest absolute Gasteiger partial charge is 0.317 e. The van der Waals surface area contributed by atoms with Crippen LogP contribution in [0.4, 0.5) is 0 Å². The van der Waals surface area contributed by atoms with E-state index in [9.17, 15) is 4.79 Å². The van der Waals surface area contributed by atoms with E-state index >= 15 is 0 Å². The molecule has 3 rings (SSSR count). The van der Waals surface area contributed by atoms with Crippen LogP contribution in [0.25, 0.3) is 0 Å². The molecule has 0 radical (unpaired) electrons. The topological polar surface area (TPSA) is 55.3 Å². The summed E-state index contributed by atoms with van der Waals surface area (Å²) in [7, 11) is 0. The largest absolute Gasteiger partial charge is 0.354 e. The predicted octanol–water partition coefficient (Wildman–Crippen LogP) is 1.19. The number of oxime groups is 1. The highest BCUT2D eigenvalue weighted by molar-refractivity contribution is 6.15. The molecule has 0 aliphatic carbocycles. The summed E-state index contributed by atoms with van der Waals surface area (Å²) in [6.45, 7) is 1.03. The minimum Gasteiger partial charge on any atom is -0.317 e. The molecule has 4 heteroatoms. The fourth-order valence-electron chi connectivity index (χ4n) is 2.58. The monoisotopic (exact) mass is 257 g/mol. The Morgan fingerprint density at radius 1 is 1.21 bits per heavy atom. The lowest BCUT2D eigenvalue weighted by molar-refractivity contribution is -0.609. The van der Waals surface area contributed by atoms with E-state index in [1.807, 2.05) is 30.3 Å². The lowest BCUT2D eigenvalue weighted by atomic mass is 9.93. The van der Waals surface area contributed by atoms with Crippen molar-refractivity contribution in [1.82, 2.24) is 0 Å². The maximum Gasteiger partial charge on any atom is 0.354 e. The maximum absolute atomic E-state index is 12.0. The van der Waals surface area contributed by atoms with E-state index in [0.717, 1.165) is 29.9 Å². The Morgan fingerprint density at radius 2 is 2.05 bits per heavy atom. The van der Waals surface area contributed by atoms with Crippen LogP contribution in [-0.4, -0.2) is 18.2 Å². The number of quaternary nitrogens is 1. The summed E-state index contributed by atoms with van der Waals surface area (Å²) in [6, 6.07) is 9.77. The Morgan fingerprint density at radius 3 is 2.89 bits per heavy atom. The molecule has 2 heterocycles. The molecule has 1 aromatic carbocycles. The van der Waals surface area contributed by atoms with Crippen molar-refractivity contribution in [2.75, 3.05) is 6.54 Å². The van der Waals surface area contributed by atoms with Crippen LogP contribution in [-0.2, 0) is 9.63 Å². The molecule has 0 bridgehead atoms. The van der Waals surface area contributed by atoms with Crippen molar-refractivity contribution >= 4 is 11.7 Å². The fourth-order valence-corrected chi connectivity index (χ4v) is 2.58. The first-order chi connectivity index (χ1) is 9.36. The Balaban J connectivity index is 1.92. The van der Waals surface area contributed by atoms with Gasteiger partial charge in [-0.15, -0.1) is 0 Å². The Kier molecular flexibility index (Phi) is 3.42. The molecule has 1 atom stereocenters. The molecule has 0 unspecified atom stereocenters. The molecule has 4 nitrogen and oxygen atoms in total. The number of carbonyl (C=O) groups excluding carboxylic acids is 1. The predicted molar refractivity (Wildman–Crippen MR) is 71.3 cm³/mol. The number of hydrogen-bond donors (Lipinski definition) is 1. The van der Waals surface area contributed by atoms with Crippen LogP contribution >= 0.6 is 0 Å². The first-order valence-corrected chi connectivity index (χ1v) is 6.73. The highest BCUT2D eigenvalue weighted by atomic mass is 16.7. The lowest BCUT2D eigenvalue weighted by Crippen LogP contribution is -2.83. The van der Waals surface area contributed by atoms with Gasteiger partial charge in [-0.2, -0.15) is 0 Å². The van der Waals surface area contributed by atoms with Crippen molar-refractivity contribution in [2.45, 2.75) is 19.3 Å². The minimum atomic E-state index is -0.347. The van der Waals surface area contributed by atoms with Gasteiger partial charge in [-0.05, 0) is 25.3 Å². The Bertz CT molecular complexity index is 534. The second-order valence-electron chi connectivity index (χ2n) is 4.88. The molecular weight excluding hydrogens is 240 g/mol. The molecule has 2 aliphatic heterocycles. The second kappa shape index (κ2) is 5.36. The van der Waals surface area contributed by atoms with Crippen LogP contribution in [0.3, 0.4) is 0 Å². The van der Waals surface area contributed by atoms with Gasteiger partial charge in [-0.25, -0.2) is 4.79 Å². The quantitative estimate of drug-likeness (QED) is 0.809. The number of benzene rings is 1. The van der Waals surface area contributed by atoms with Gasteiger partial charge in [-0.3, -0.25) is 0 Å². The number of nitrogens with zero attached hydrogens (tertiary/aromatic N) is 1. The van der Waals surface area contributed by atoms with Gasteiger partial charge in [0.15, 0.2) is 5.92 Å². The second-order valence-corrected chi connectivity index (χ2v) is 4.88. The van der Waals surface area contributed by atoms with Gasteiger partial charge in [-0.1, -0.05) is 35.5 Å². The van der Waals surface area contributed by atoms with Crippen LogP contribution in [0.15, 0.2) is 47.3 Å². The van der Waals surface area contributed by atoms with Crippen LogP contribution in [0.2, 0.25) is 0 Å². The zero-order valence-electron chi connectivity index (χ0n) is 10.7. The summed E-state index contributed by atoms with van der Waals surface area (Å²) in [5, 5.41) is 6.14. The Hall–Kier alpha value is -1.94. The summed E-state index contributed by atoms with van der Waals surface area (Å²) >= 11 is 0. The summed E-state index contributed by atoms with van der Waals surface area (Å²) in [6.07, 6.45) is 5.54. The number of rotatable bonds is 2. The standard InChI is InChI=1S/C15H16N2O2/c18-15-13(12-9-5-2-6-10-16-12)14(17-19-15)11-7-3-1-4-8-11/h1,3-4,7-9,13,16H,2,5-6,10H2/p+1/t13-/m1/s1. The molecule has 0 spiro atoms. The average Bonchev–Trinajstić information content (AvgIpc) is 2.66. The maximum atomic E-state index is 12.0. The highest BCUT2D eigenvalue weighted by Gasteiger charge is 2.39. The van der Waals surface area contributed by atoms with Crippen molar-refractivity contribution in [3.8, 4) is 0 Å². The molecule has 0 aromatic heterocycles. The zero-order chi connectivity index (χ0) is 13.1. The number of allylic oxidation sites excluding steroid dienone is 1. The normalized spacial score (nSPS) is 23.4. The average molecular weight is 257 g/mol. The zero-order valence-corrected chi connectivity index (χ0v) is 10.7. The van der Waals surface area contributed by atoms with Gasteiger partial charge < -0.3 is 10.2 Å². The van der Waals surface area contributed by atoms with Crippen molar-refractivity contribution < 1.29 is 14.9 Å². The van der Waals surface area contributed by atoms with Crippen molar-refractivity contribution in [3.05, 3.63) is 47.7 Å². The SMILES string of the molecule is O=C1ON=C(c2ccccc2)[C@H]1C1=CCCCC[NH2+]1. The van der Waals surface area contributed by atoms with E-state index < -0.39 is 0 Å². The van der Waals surface area contributed by atoms with E-state index in [1.165, 1.54) is 12.8 Å². The molecule has 2 N–H and O–H groups in total. The number of nitrogens with two attached hydrogens (primary N) is 1. The summed E-state index contributed by atoms with van der Waals surface area (Å²) < 4.78 is 0. The van der Waals surface area contributed by atoms with Gasteiger partial charge in [0.1, 0.15) is 11.4 Å². The van der Waals surface area contributed by atoms with Crippen molar-refractivity contribution in [3.63, 3.8) is 0 Å². The first-order valence-electron chi connectivity index (χ1n) is 6.73. The van der Waals surface area contributed by atoms with E-state index in [0.29, 0.717) is 0 Å². The lowest BCUT2D eigenvalue weighted by Gasteiger charge is -2.10. The molecule has 0 saturated carbocycles. The van der Waals surface area contributed by atoms with E-state index in [1.54, 1.807) is 0 Å². The summed E-state index contributed by atoms with van der Waals surface area (Å²) in [5.41, 5.74) is 2.74. The summed E-state index contributed by atoms with van der Waals surface area (Å²) in [4.78, 5) is 16.9. The summed E-state index contributed by atoms with van der Waals surface area (Å²) in [5.74, 6) is -0.608. The minimum absolute atomic E-state index is 0.261. The van der Waals surface area contributed by atoms with Crippen molar-refractivity contribution in [2.24, 2.45) is 11.1 Å². The molecule has 2 aliphatic rings. The molecule has 0 fully saturated rings. The van der Waals surface area contributed by atoms with Crippen LogP contribution in [0.1, 0.15) is 24.8 Å². The van der Waals surface area contributed by atoms with E-state index in [4.69, 9.17) is 4.84 Å². The molecule has 0 amide bonds. The van der Waals surface area contributed by atoms with Crippen LogP contribution in [0, 0.1) is 5.92 Å². The third-order valence-corrected chi connectivity index (χ3v) is 3.56.